The quantitative estimate of drug-likeness (QED) is 0.771. The monoisotopic (exact) mass is 226 g/mol. The van der Waals surface area contributed by atoms with Crippen LogP contribution in [0, 0.1) is 0 Å². The fourth-order valence-corrected chi connectivity index (χ4v) is 2.87. The minimum atomic E-state index is 0.526. The van der Waals surface area contributed by atoms with Gasteiger partial charge in [0.25, 0.3) is 0 Å². The average Bonchev–Trinajstić information content (AvgIpc) is 2.25. The number of rotatable bonds is 5. The minimum absolute atomic E-state index is 0.526. The normalized spacial score (nSPS) is 32.6. The zero-order valence-electron chi connectivity index (χ0n) is 10.7. The van der Waals surface area contributed by atoms with Gasteiger partial charge in [0, 0.05) is 19.2 Å². The molecule has 1 aliphatic carbocycles. The summed E-state index contributed by atoms with van der Waals surface area (Å²) in [6.07, 6.45) is 6.90. The van der Waals surface area contributed by atoms with Crippen molar-refractivity contribution >= 4 is 0 Å². The Labute approximate surface area is 99.5 Å². The Hall–Kier alpha value is -0.120. The molecule has 0 aromatic rings. The third-order valence-electron chi connectivity index (χ3n) is 4.03. The fraction of sp³-hybridized carbons (Fsp3) is 1.00. The van der Waals surface area contributed by atoms with Crippen molar-refractivity contribution in [3.63, 3.8) is 0 Å². The lowest BCUT2D eigenvalue weighted by atomic mass is 9.88. The zero-order chi connectivity index (χ0) is 11.4. The predicted octanol–water partition coefficient (Wildman–Crippen LogP) is 1.63. The number of methoxy groups -OCH3 is 1. The number of piperidine rings is 1. The number of hydrogen-bond donors (Lipinski definition) is 1. The van der Waals surface area contributed by atoms with E-state index in [1.165, 1.54) is 51.7 Å². The third-order valence-corrected chi connectivity index (χ3v) is 4.03. The Morgan fingerprint density at radius 2 is 1.88 bits per heavy atom. The number of hydrogen-bond acceptors (Lipinski definition) is 3. The van der Waals surface area contributed by atoms with Gasteiger partial charge in [-0.3, -0.25) is 0 Å². The van der Waals surface area contributed by atoms with E-state index in [2.05, 4.69) is 17.1 Å². The summed E-state index contributed by atoms with van der Waals surface area (Å²) in [6, 6.07) is 1.49. The Kier molecular flexibility index (Phi) is 4.62. The molecule has 2 rings (SSSR count). The summed E-state index contributed by atoms with van der Waals surface area (Å²) in [5, 5.41) is 3.78. The molecule has 0 amide bonds. The maximum Gasteiger partial charge on any atom is 0.0601 e. The molecule has 0 spiro atoms. The average molecular weight is 226 g/mol. The highest BCUT2D eigenvalue weighted by atomic mass is 16.5. The van der Waals surface area contributed by atoms with Crippen LogP contribution in [0.2, 0.25) is 0 Å². The van der Waals surface area contributed by atoms with Crippen molar-refractivity contribution in [1.29, 1.82) is 0 Å². The van der Waals surface area contributed by atoms with E-state index in [1.54, 1.807) is 0 Å². The summed E-state index contributed by atoms with van der Waals surface area (Å²) < 4.78 is 5.31. The zero-order valence-corrected chi connectivity index (χ0v) is 10.7. The molecule has 0 bridgehead atoms. The second kappa shape index (κ2) is 5.99. The van der Waals surface area contributed by atoms with Gasteiger partial charge in [0.1, 0.15) is 0 Å². The first kappa shape index (κ1) is 12.3. The van der Waals surface area contributed by atoms with Crippen LogP contribution in [-0.4, -0.2) is 49.8 Å². The van der Waals surface area contributed by atoms with E-state index in [0.717, 1.165) is 12.1 Å². The molecule has 1 N–H and O–H groups in total. The predicted molar refractivity (Wildman–Crippen MR) is 66.7 cm³/mol. The summed E-state index contributed by atoms with van der Waals surface area (Å²) in [5.41, 5.74) is 0. The minimum Gasteiger partial charge on any atom is -0.381 e. The Morgan fingerprint density at radius 3 is 2.44 bits per heavy atom. The smallest absolute Gasteiger partial charge is 0.0601 e. The fourth-order valence-electron chi connectivity index (χ4n) is 2.87. The molecule has 1 saturated heterocycles. The molecule has 1 heterocycles. The second-order valence-electron chi connectivity index (χ2n) is 5.31. The van der Waals surface area contributed by atoms with E-state index in [9.17, 15) is 0 Å². The summed E-state index contributed by atoms with van der Waals surface area (Å²) in [5.74, 6) is 0. The van der Waals surface area contributed by atoms with E-state index >= 15 is 0 Å². The lowest BCUT2D eigenvalue weighted by Gasteiger charge is -2.40. The lowest BCUT2D eigenvalue weighted by molar-refractivity contribution is 0.0114. The molecule has 0 aromatic carbocycles. The van der Waals surface area contributed by atoms with Crippen LogP contribution in [0.3, 0.4) is 0 Å². The van der Waals surface area contributed by atoms with Gasteiger partial charge >= 0.3 is 0 Å². The van der Waals surface area contributed by atoms with Gasteiger partial charge in [-0.15, -0.1) is 0 Å². The van der Waals surface area contributed by atoms with E-state index in [0.29, 0.717) is 6.10 Å². The van der Waals surface area contributed by atoms with Gasteiger partial charge in [-0.2, -0.15) is 0 Å². The van der Waals surface area contributed by atoms with Crippen LogP contribution in [0.4, 0.5) is 0 Å². The van der Waals surface area contributed by atoms with Crippen LogP contribution in [0.15, 0.2) is 0 Å². The molecule has 0 unspecified atom stereocenters. The molecule has 94 valence electrons. The number of ether oxygens (including phenoxy) is 1. The van der Waals surface area contributed by atoms with Crippen LogP contribution in [0.25, 0.3) is 0 Å². The molecule has 16 heavy (non-hydrogen) atoms. The van der Waals surface area contributed by atoms with Crippen molar-refractivity contribution in [2.45, 2.75) is 57.2 Å². The van der Waals surface area contributed by atoms with Gasteiger partial charge in [-0.25, -0.2) is 0 Å². The van der Waals surface area contributed by atoms with E-state index in [1.807, 2.05) is 7.11 Å². The largest absolute Gasteiger partial charge is 0.381 e. The molecular weight excluding hydrogens is 200 g/mol. The van der Waals surface area contributed by atoms with Crippen molar-refractivity contribution in [3.8, 4) is 0 Å². The maximum absolute atomic E-state index is 5.31. The van der Waals surface area contributed by atoms with Crippen LogP contribution in [-0.2, 0) is 4.74 Å². The molecule has 1 saturated carbocycles. The summed E-state index contributed by atoms with van der Waals surface area (Å²) in [7, 11) is 1.82. The molecule has 2 fully saturated rings. The van der Waals surface area contributed by atoms with Crippen molar-refractivity contribution < 1.29 is 4.74 Å². The van der Waals surface area contributed by atoms with Crippen LogP contribution < -0.4 is 5.32 Å². The molecule has 2 aliphatic rings. The SMILES string of the molecule is CCCN1CCC(NC2CC(OC)C2)CC1. The lowest BCUT2D eigenvalue weighted by Crippen LogP contribution is -2.52. The van der Waals surface area contributed by atoms with Gasteiger partial charge < -0.3 is 15.0 Å². The molecule has 1 aliphatic heterocycles. The van der Waals surface area contributed by atoms with Crippen molar-refractivity contribution in [3.05, 3.63) is 0 Å². The van der Waals surface area contributed by atoms with Gasteiger partial charge in [-0.1, -0.05) is 6.92 Å². The van der Waals surface area contributed by atoms with E-state index in [4.69, 9.17) is 4.74 Å². The number of likely N-dealkylation sites (tertiary alicyclic amines) is 1. The number of nitrogens with zero attached hydrogens (tertiary/aromatic N) is 1. The molecule has 0 atom stereocenters. The van der Waals surface area contributed by atoms with Gasteiger partial charge in [0.2, 0.25) is 0 Å². The van der Waals surface area contributed by atoms with E-state index < -0.39 is 0 Å². The van der Waals surface area contributed by atoms with Crippen molar-refractivity contribution in [2.75, 3.05) is 26.7 Å². The maximum atomic E-state index is 5.31. The van der Waals surface area contributed by atoms with Crippen molar-refractivity contribution in [1.82, 2.24) is 10.2 Å². The van der Waals surface area contributed by atoms with Gasteiger partial charge in [0.15, 0.2) is 0 Å². The topological polar surface area (TPSA) is 24.5 Å². The molecular formula is C13H26N2O. The molecule has 3 nitrogen and oxygen atoms in total. The first-order chi connectivity index (χ1) is 7.81. The molecule has 3 heteroatoms. The highest BCUT2D eigenvalue weighted by molar-refractivity contribution is 4.89. The van der Waals surface area contributed by atoms with Crippen LogP contribution in [0.1, 0.15) is 39.0 Å². The van der Waals surface area contributed by atoms with Gasteiger partial charge in [-0.05, 0) is 51.7 Å². The van der Waals surface area contributed by atoms with Gasteiger partial charge in [0.05, 0.1) is 6.10 Å². The van der Waals surface area contributed by atoms with E-state index in [-0.39, 0.29) is 0 Å². The Balaban J connectivity index is 1.59. The Morgan fingerprint density at radius 1 is 1.19 bits per heavy atom. The standard InChI is InChI=1S/C13H26N2O/c1-3-6-15-7-4-11(5-8-15)14-12-9-13(10-12)16-2/h11-14H,3-10H2,1-2H3. The summed E-state index contributed by atoms with van der Waals surface area (Å²) in [6.45, 7) is 6.11. The van der Waals surface area contributed by atoms with Crippen LogP contribution in [0.5, 0.6) is 0 Å². The summed E-state index contributed by atoms with van der Waals surface area (Å²) >= 11 is 0. The van der Waals surface area contributed by atoms with Crippen LogP contribution >= 0.6 is 0 Å². The highest BCUT2D eigenvalue weighted by Crippen LogP contribution is 2.24. The third kappa shape index (κ3) is 3.19. The highest BCUT2D eigenvalue weighted by Gasteiger charge is 2.31. The molecule has 0 aromatic heterocycles. The molecule has 0 radical (unpaired) electrons. The first-order valence-corrected chi connectivity index (χ1v) is 6.83. The number of nitrogens with one attached hydrogen (secondary N) is 1. The van der Waals surface area contributed by atoms with Crippen molar-refractivity contribution in [2.24, 2.45) is 0 Å². The first-order valence-electron chi connectivity index (χ1n) is 6.83. The second-order valence-corrected chi connectivity index (χ2v) is 5.31. The summed E-state index contributed by atoms with van der Waals surface area (Å²) in [4.78, 5) is 2.59. The Bertz CT molecular complexity index is 196.